The maximum Gasteiger partial charge on any atom is 0.265 e. The molecule has 0 unspecified atom stereocenters. The molecule has 2 heterocycles. The van der Waals surface area contributed by atoms with Crippen LogP contribution in [-0.4, -0.2) is 31.8 Å². The Hall–Kier alpha value is -3.64. The van der Waals surface area contributed by atoms with E-state index in [0.717, 1.165) is 5.69 Å². The van der Waals surface area contributed by atoms with Gasteiger partial charge in [0.2, 0.25) is 5.88 Å². The van der Waals surface area contributed by atoms with E-state index in [1.54, 1.807) is 32.4 Å². The highest BCUT2D eigenvalue weighted by atomic mass is 32.2. The minimum absolute atomic E-state index is 0.0312. The molecule has 0 atom stereocenters. The highest BCUT2D eigenvalue weighted by molar-refractivity contribution is 7.93. The number of hydrogen-bond donors (Lipinski definition) is 2. The predicted molar refractivity (Wildman–Crippen MR) is 127 cm³/mol. The minimum atomic E-state index is -3.98. The zero-order valence-electron chi connectivity index (χ0n) is 18.9. The average molecular weight is 502 g/mol. The summed E-state index contributed by atoms with van der Waals surface area (Å²) in [5, 5.41) is 8.11. The fourth-order valence-electron chi connectivity index (χ4n) is 3.44. The van der Waals surface area contributed by atoms with Crippen molar-refractivity contribution in [1.82, 2.24) is 14.9 Å². The van der Waals surface area contributed by atoms with Gasteiger partial charge >= 0.3 is 0 Å². The fraction of sp³-hybridized carbons (Fsp3) is 0.182. The third-order valence-corrected chi connectivity index (χ3v) is 8.28. The Bertz CT molecular complexity index is 1560. The predicted octanol–water partition coefficient (Wildman–Crippen LogP) is 3.70. The van der Waals surface area contributed by atoms with Gasteiger partial charge in [0.25, 0.3) is 20.0 Å². The zero-order chi connectivity index (χ0) is 24.7. The number of sulfonamides is 2. The van der Waals surface area contributed by atoms with Gasteiger partial charge in [0, 0.05) is 11.3 Å². The van der Waals surface area contributed by atoms with E-state index in [1.807, 2.05) is 30.3 Å². The molecule has 0 saturated carbocycles. The van der Waals surface area contributed by atoms with Gasteiger partial charge in [-0.15, -0.1) is 0 Å². The molecule has 2 N–H and O–H groups in total. The molecule has 10 nitrogen and oxygen atoms in total. The van der Waals surface area contributed by atoms with E-state index in [0.29, 0.717) is 22.6 Å². The molecule has 4 aromatic rings. The van der Waals surface area contributed by atoms with Crippen molar-refractivity contribution in [3.63, 3.8) is 0 Å². The van der Waals surface area contributed by atoms with Crippen LogP contribution in [0.4, 0.5) is 11.6 Å². The van der Waals surface area contributed by atoms with E-state index in [1.165, 1.54) is 24.3 Å². The van der Waals surface area contributed by atoms with Gasteiger partial charge in [-0.25, -0.2) is 26.2 Å². The van der Waals surface area contributed by atoms with Gasteiger partial charge in [-0.05, 0) is 64.1 Å². The monoisotopic (exact) mass is 501 g/mol. The number of aromatic nitrogens is 3. The third-order valence-electron chi connectivity index (χ3n) is 5.30. The lowest BCUT2D eigenvalue weighted by Crippen LogP contribution is -2.16. The van der Waals surface area contributed by atoms with Crippen LogP contribution in [0, 0.1) is 27.7 Å². The van der Waals surface area contributed by atoms with Crippen molar-refractivity contribution in [3.8, 4) is 5.69 Å². The largest absolute Gasteiger partial charge is 0.337 e. The summed E-state index contributed by atoms with van der Waals surface area (Å²) in [6.07, 6.45) is 0. The van der Waals surface area contributed by atoms with Crippen molar-refractivity contribution in [2.24, 2.45) is 0 Å². The molecule has 2 aromatic heterocycles. The first-order valence-electron chi connectivity index (χ1n) is 10.2. The lowest BCUT2D eigenvalue weighted by Gasteiger charge is -2.10. The summed E-state index contributed by atoms with van der Waals surface area (Å²) in [6.45, 7) is 6.68. The van der Waals surface area contributed by atoms with Gasteiger partial charge in [0.15, 0.2) is 0 Å². The van der Waals surface area contributed by atoms with E-state index in [2.05, 4.69) is 19.7 Å². The van der Waals surface area contributed by atoms with Crippen molar-refractivity contribution in [2.45, 2.75) is 37.5 Å². The molecular weight excluding hydrogens is 478 g/mol. The lowest BCUT2D eigenvalue weighted by atomic mass is 10.3. The molecule has 0 amide bonds. The van der Waals surface area contributed by atoms with Gasteiger partial charge in [-0.3, -0.25) is 4.72 Å². The molecule has 0 aliphatic rings. The zero-order valence-corrected chi connectivity index (χ0v) is 20.5. The second-order valence-electron chi connectivity index (χ2n) is 7.70. The third kappa shape index (κ3) is 4.41. The van der Waals surface area contributed by atoms with Gasteiger partial charge in [0.1, 0.15) is 4.90 Å². The Labute approximate surface area is 197 Å². The van der Waals surface area contributed by atoms with Gasteiger partial charge in [-0.1, -0.05) is 23.4 Å². The average Bonchev–Trinajstić information content (AvgIpc) is 3.27. The molecule has 0 spiro atoms. The summed E-state index contributed by atoms with van der Waals surface area (Å²) in [5.74, 6) is 0.0312. The van der Waals surface area contributed by atoms with Gasteiger partial charge in [0.05, 0.1) is 27.7 Å². The second-order valence-corrected chi connectivity index (χ2v) is 11.0. The standard InChI is InChI=1S/C22H23N5O5S2/c1-14-15(2)24-32-22(14)26-33(28,29)20-12-10-18(11-13-20)25-34(30,31)21-16(3)23-27(17(21)4)19-8-6-5-7-9-19/h5-13,25-26H,1-4H3. The molecule has 178 valence electrons. The molecule has 0 saturated heterocycles. The topological polar surface area (TPSA) is 136 Å². The van der Waals surface area contributed by atoms with Crippen LogP contribution in [0.1, 0.15) is 22.6 Å². The van der Waals surface area contributed by atoms with Crippen LogP contribution in [0.3, 0.4) is 0 Å². The molecular formula is C22H23N5O5S2. The van der Waals surface area contributed by atoms with Crippen molar-refractivity contribution in [2.75, 3.05) is 9.44 Å². The number of benzene rings is 2. The number of anilines is 2. The Morgan fingerprint density at radius 1 is 0.794 bits per heavy atom. The van der Waals surface area contributed by atoms with Crippen LogP contribution in [0.25, 0.3) is 5.69 Å². The Balaban J connectivity index is 1.58. The van der Waals surface area contributed by atoms with Crippen molar-refractivity contribution in [3.05, 3.63) is 77.2 Å². The van der Waals surface area contributed by atoms with E-state index < -0.39 is 20.0 Å². The van der Waals surface area contributed by atoms with E-state index in [-0.39, 0.29) is 21.4 Å². The summed E-state index contributed by atoms with van der Waals surface area (Å²) in [5.41, 5.74) is 2.89. The van der Waals surface area contributed by atoms with Crippen LogP contribution in [0.2, 0.25) is 0 Å². The first-order valence-corrected chi connectivity index (χ1v) is 13.2. The fourth-order valence-corrected chi connectivity index (χ4v) is 5.94. The Kier molecular flexibility index (Phi) is 5.96. The molecule has 0 radical (unpaired) electrons. The van der Waals surface area contributed by atoms with Crippen LogP contribution in [0.15, 0.2) is 68.9 Å². The Morgan fingerprint density at radius 2 is 1.44 bits per heavy atom. The first kappa shape index (κ1) is 23.5. The lowest BCUT2D eigenvalue weighted by molar-refractivity contribution is 0.430. The highest BCUT2D eigenvalue weighted by Crippen LogP contribution is 2.26. The van der Waals surface area contributed by atoms with Crippen LogP contribution >= 0.6 is 0 Å². The molecule has 0 fully saturated rings. The molecule has 2 aromatic carbocycles. The maximum absolute atomic E-state index is 13.1. The molecule has 4 rings (SSSR count). The number of nitrogens with zero attached hydrogens (tertiary/aromatic N) is 3. The Morgan fingerprint density at radius 3 is 2.03 bits per heavy atom. The number of nitrogens with one attached hydrogen (secondary N) is 2. The van der Waals surface area contributed by atoms with E-state index in [9.17, 15) is 16.8 Å². The quantitative estimate of drug-likeness (QED) is 0.394. The van der Waals surface area contributed by atoms with Crippen LogP contribution in [0.5, 0.6) is 0 Å². The minimum Gasteiger partial charge on any atom is -0.337 e. The van der Waals surface area contributed by atoms with E-state index >= 15 is 0 Å². The normalized spacial score (nSPS) is 12.0. The van der Waals surface area contributed by atoms with Crippen LogP contribution in [-0.2, 0) is 20.0 Å². The molecule has 0 aliphatic heterocycles. The van der Waals surface area contributed by atoms with Gasteiger partial charge in [-0.2, -0.15) is 5.10 Å². The summed E-state index contributed by atoms with van der Waals surface area (Å²) < 4.78 is 63.0. The number of aryl methyl sites for hydroxylation is 2. The second kappa shape index (κ2) is 8.61. The van der Waals surface area contributed by atoms with Gasteiger partial charge < -0.3 is 4.52 Å². The smallest absolute Gasteiger partial charge is 0.265 e. The van der Waals surface area contributed by atoms with Crippen molar-refractivity contribution in [1.29, 1.82) is 0 Å². The first-order chi connectivity index (χ1) is 16.0. The molecule has 12 heteroatoms. The summed E-state index contributed by atoms with van der Waals surface area (Å²) in [6, 6.07) is 14.5. The number of para-hydroxylation sites is 1. The summed E-state index contributed by atoms with van der Waals surface area (Å²) in [7, 11) is -7.93. The van der Waals surface area contributed by atoms with Crippen LogP contribution < -0.4 is 9.44 Å². The summed E-state index contributed by atoms with van der Waals surface area (Å²) in [4.78, 5) is -0.000888. The molecule has 0 bridgehead atoms. The van der Waals surface area contributed by atoms with Crippen molar-refractivity contribution < 1.29 is 21.4 Å². The van der Waals surface area contributed by atoms with Crippen molar-refractivity contribution >= 4 is 31.6 Å². The van der Waals surface area contributed by atoms with E-state index in [4.69, 9.17) is 4.52 Å². The maximum atomic E-state index is 13.1. The molecule has 34 heavy (non-hydrogen) atoms. The number of hydrogen-bond acceptors (Lipinski definition) is 7. The molecule has 0 aliphatic carbocycles. The summed E-state index contributed by atoms with van der Waals surface area (Å²) >= 11 is 0. The SMILES string of the molecule is Cc1noc(NS(=O)(=O)c2ccc(NS(=O)(=O)c3c(C)nn(-c4ccccc4)c3C)cc2)c1C. The highest BCUT2D eigenvalue weighted by Gasteiger charge is 2.26. The number of rotatable bonds is 7.